The molecule has 1 aliphatic carbocycles. The second-order valence-electron chi connectivity index (χ2n) is 6.48. The van der Waals surface area contributed by atoms with E-state index in [9.17, 15) is 4.79 Å². The van der Waals surface area contributed by atoms with Crippen LogP contribution in [-0.2, 0) is 9.53 Å². The van der Waals surface area contributed by atoms with Crippen LogP contribution in [0.3, 0.4) is 0 Å². The van der Waals surface area contributed by atoms with E-state index in [0.29, 0.717) is 11.8 Å². The van der Waals surface area contributed by atoms with E-state index in [1.165, 1.54) is 6.42 Å². The molecule has 0 spiro atoms. The molecular weight excluding hydrogens is 240 g/mol. The fourth-order valence-electron chi connectivity index (χ4n) is 3.55. The molecule has 0 aromatic carbocycles. The van der Waals surface area contributed by atoms with E-state index in [2.05, 4.69) is 6.92 Å². The molecule has 0 bridgehead atoms. The summed E-state index contributed by atoms with van der Waals surface area (Å²) in [6, 6.07) is 0. The Bertz CT molecular complexity index is 321. The molecule has 2 N–H and O–H groups in total. The number of hydrogen-bond acceptors (Lipinski definition) is 3. The lowest BCUT2D eigenvalue weighted by atomic mass is 9.80. The normalized spacial score (nSPS) is 36.3. The quantitative estimate of drug-likeness (QED) is 0.849. The summed E-state index contributed by atoms with van der Waals surface area (Å²) in [6.45, 7) is 4.46. The highest BCUT2D eigenvalue weighted by molar-refractivity contribution is 5.79. The van der Waals surface area contributed by atoms with Crippen molar-refractivity contribution >= 4 is 5.91 Å². The van der Waals surface area contributed by atoms with Crippen molar-refractivity contribution in [2.45, 2.75) is 51.0 Å². The third kappa shape index (κ3) is 3.48. The van der Waals surface area contributed by atoms with Gasteiger partial charge in [0.15, 0.2) is 0 Å². The zero-order chi connectivity index (χ0) is 13.9. The summed E-state index contributed by atoms with van der Waals surface area (Å²) in [6.07, 6.45) is 6.45. The van der Waals surface area contributed by atoms with Gasteiger partial charge >= 0.3 is 0 Å². The lowest BCUT2D eigenvalue weighted by Gasteiger charge is -2.41. The van der Waals surface area contributed by atoms with E-state index in [0.717, 1.165) is 51.7 Å². The minimum absolute atomic E-state index is 0.157. The molecule has 19 heavy (non-hydrogen) atoms. The molecule has 1 amide bonds. The van der Waals surface area contributed by atoms with Crippen LogP contribution in [0.2, 0.25) is 0 Å². The van der Waals surface area contributed by atoms with Gasteiger partial charge in [0.2, 0.25) is 5.91 Å². The number of carbonyl (C=O) groups excluding carboxylic acids is 1. The van der Waals surface area contributed by atoms with Crippen LogP contribution >= 0.6 is 0 Å². The molecule has 3 unspecified atom stereocenters. The Hall–Kier alpha value is -0.610. The molecular formula is C15H28N2O2. The van der Waals surface area contributed by atoms with Crippen molar-refractivity contribution in [3.05, 3.63) is 0 Å². The van der Waals surface area contributed by atoms with E-state index in [-0.39, 0.29) is 11.5 Å². The summed E-state index contributed by atoms with van der Waals surface area (Å²) in [5.74, 6) is 1.07. The van der Waals surface area contributed by atoms with Gasteiger partial charge in [-0.05, 0) is 51.5 Å². The van der Waals surface area contributed by atoms with Crippen LogP contribution in [0.25, 0.3) is 0 Å². The first-order valence-electron chi connectivity index (χ1n) is 7.62. The van der Waals surface area contributed by atoms with Crippen molar-refractivity contribution in [1.82, 2.24) is 4.90 Å². The van der Waals surface area contributed by atoms with E-state index in [1.807, 2.05) is 4.90 Å². The van der Waals surface area contributed by atoms with Crippen LogP contribution in [0.1, 0.15) is 45.4 Å². The highest BCUT2D eigenvalue weighted by atomic mass is 16.5. The predicted molar refractivity (Wildman–Crippen MR) is 75.7 cm³/mol. The van der Waals surface area contributed by atoms with Gasteiger partial charge in [-0.3, -0.25) is 4.79 Å². The van der Waals surface area contributed by atoms with Gasteiger partial charge < -0.3 is 15.4 Å². The van der Waals surface area contributed by atoms with E-state index in [4.69, 9.17) is 10.5 Å². The Kier molecular flexibility index (Phi) is 4.85. The lowest BCUT2D eigenvalue weighted by molar-refractivity contribution is -0.145. The van der Waals surface area contributed by atoms with E-state index < -0.39 is 0 Å². The minimum atomic E-state index is -0.157. The molecule has 4 heteroatoms. The number of nitrogens with two attached hydrogens (primary N) is 1. The van der Waals surface area contributed by atoms with Crippen molar-refractivity contribution in [1.29, 1.82) is 0 Å². The molecule has 0 aromatic rings. The van der Waals surface area contributed by atoms with Crippen molar-refractivity contribution < 1.29 is 9.53 Å². The molecule has 4 nitrogen and oxygen atoms in total. The van der Waals surface area contributed by atoms with E-state index in [1.54, 1.807) is 7.11 Å². The van der Waals surface area contributed by atoms with E-state index >= 15 is 0 Å². The number of likely N-dealkylation sites (tertiary alicyclic amines) is 1. The Labute approximate surface area is 116 Å². The number of amides is 1. The third-order valence-electron chi connectivity index (χ3n) is 4.93. The molecule has 0 aromatic heterocycles. The topological polar surface area (TPSA) is 55.6 Å². The molecule has 2 rings (SSSR count). The Morgan fingerprint density at radius 3 is 2.89 bits per heavy atom. The van der Waals surface area contributed by atoms with Crippen LogP contribution in [0.4, 0.5) is 0 Å². The Morgan fingerprint density at radius 1 is 1.42 bits per heavy atom. The predicted octanol–water partition coefficient (Wildman–Crippen LogP) is 1.78. The maximum absolute atomic E-state index is 12.6. The molecule has 110 valence electrons. The largest absolute Gasteiger partial charge is 0.377 e. The van der Waals surface area contributed by atoms with Crippen LogP contribution < -0.4 is 5.73 Å². The number of ether oxygens (including phenoxy) is 1. The zero-order valence-corrected chi connectivity index (χ0v) is 12.4. The van der Waals surface area contributed by atoms with Crippen LogP contribution in [-0.4, -0.2) is 43.2 Å². The smallest absolute Gasteiger partial charge is 0.225 e. The maximum atomic E-state index is 12.6. The highest BCUT2D eigenvalue weighted by Crippen LogP contribution is 2.32. The van der Waals surface area contributed by atoms with Gasteiger partial charge in [0.25, 0.3) is 0 Å². The lowest BCUT2D eigenvalue weighted by Crippen LogP contribution is -2.51. The summed E-state index contributed by atoms with van der Waals surface area (Å²) in [4.78, 5) is 14.7. The number of rotatable bonds is 3. The third-order valence-corrected chi connectivity index (χ3v) is 4.93. The second kappa shape index (κ2) is 6.23. The average molecular weight is 268 g/mol. The van der Waals surface area contributed by atoms with Crippen LogP contribution in [0.15, 0.2) is 0 Å². The molecule has 2 fully saturated rings. The number of piperidine rings is 1. The van der Waals surface area contributed by atoms with Crippen molar-refractivity contribution in [3.63, 3.8) is 0 Å². The summed E-state index contributed by atoms with van der Waals surface area (Å²) < 4.78 is 5.57. The summed E-state index contributed by atoms with van der Waals surface area (Å²) in [5, 5.41) is 0. The zero-order valence-electron chi connectivity index (χ0n) is 12.4. The van der Waals surface area contributed by atoms with Crippen molar-refractivity contribution in [2.75, 3.05) is 26.7 Å². The standard InChI is InChI=1S/C15H28N2O2/c1-15(19-2)7-4-8-17(11-15)14(18)13-6-3-5-12(9-13)10-16/h12-13H,3-11,16H2,1-2H3. The van der Waals surface area contributed by atoms with Gasteiger partial charge in [-0.2, -0.15) is 0 Å². The summed E-state index contributed by atoms with van der Waals surface area (Å²) >= 11 is 0. The first-order valence-corrected chi connectivity index (χ1v) is 7.62. The van der Waals surface area contributed by atoms with Gasteiger partial charge in [-0.25, -0.2) is 0 Å². The maximum Gasteiger partial charge on any atom is 0.225 e. The van der Waals surface area contributed by atoms with Crippen molar-refractivity contribution in [2.24, 2.45) is 17.6 Å². The van der Waals surface area contributed by atoms with Gasteiger partial charge in [-0.1, -0.05) is 6.42 Å². The molecule has 1 heterocycles. The highest BCUT2D eigenvalue weighted by Gasteiger charge is 2.36. The second-order valence-corrected chi connectivity index (χ2v) is 6.48. The van der Waals surface area contributed by atoms with Crippen LogP contribution in [0.5, 0.6) is 0 Å². The number of methoxy groups -OCH3 is 1. The molecule has 1 saturated carbocycles. The molecule has 0 radical (unpaired) electrons. The summed E-state index contributed by atoms with van der Waals surface area (Å²) in [5.41, 5.74) is 5.61. The van der Waals surface area contributed by atoms with Gasteiger partial charge in [-0.15, -0.1) is 0 Å². The van der Waals surface area contributed by atoms with Crippen molar-refractivity contribution in [3.8, 4) is 0 Å². The fourth-order valence-corrected chi connectivity index (χ4v) is 3.55. The molecule has 2 aliphatic rings. The number of nitrogens with zero attached hydrogens (tertiary/aromatic N) is 1. The SMILES string of the molecule is COC1(C)CCCN(C(=O)C2CCCC(CN)C2)C1. The van der Waals surface area contributed by atoms with Gasteiger partial charge in [0.05, 0.1) is 5.60 Å². The van der Waals surface area contributed by atoms with Gasteiger partial charge in [0, 0.05) is 26.1 Å². The molecule has 1 aliphatic heterocycles. The van der Waals surface area contributed by atoms with Gasteiger partial charge in [0.1, 0.15) is 0 Å². The Balaban J connectivity index is 1.95. The molecule has 3 atom stereocenters. The van der Waals surface area contributed by atoms with Crippen LogP contribution in [0, 0.1) is 11.8 Å². The fraction of sp³-hybridized carbons (Fsp3) is 0.933. The first kappa shape index (κ1) is 14.8. The summed E-state index contributed by atoms with van der Waals surface area (Å²) in [7, 11) is 1.75. The minimum Gasteiger partial charge on any atom is -0.377 e. The molecule has 1 saturated heterocycles. The Morgan fingerprint density at radius 2 is 2.21 bits per heavy atom. The number of hydrogen-bond donors (Lipinski definition) is 1. The monoisotopic (exact) mass is 268 g/mol. The first-order chi connectivity index (χ1) is 9.08. The average Bonchev–Trinajstić information content (AvgIpc) is 2.46. The number of carbonyl (C=O) groups is 1.